The molecule has 0 fully saturated rings. The zero-order valence-electron chi connectivity index (χ0n) is 20.3. The third kappa shape index (κ3) is 7.78. The molecule has 3 rings (SSSR count). The van der Waals surface area contributed by atoms with Gasteiger partial charge in [0, 0.05) is 25.7 Å². The highest BCUT2D eigenvalue weighted by Crippen LogP contribution is 2.34. The van der Waals surface area contributed by atoms with Crippen molar-refractivity contribution in [3.05, 3.63) is 53.1 Å². The van der Waals surface area contributed by atoms with Crippen molar-refractivity contribution in [2.24, 2.45) is 5.73 Å². The predicted molar refractivity (Wildman–Crippen MR) is 130 cm³/mol. The standard InChI is InChI=1S/C26H34F3N3O3/c1-3-4-11-32-12-9-20-15-19(16-21(24(20)32)25(30)33)14-18(2)31-10-13-34-22-7-5-6-8-23(22)35-17-26(27,28)29/h5-8,15-16,18,31H,3-4,9-14,17H2,1-2H3,(H2,30,33)/t18-/m1/s1. The third-order valence-corrected chi connectivity index (χ3v) is 5.90. The monoisotopic (exact) mass is 493 g/mol. The average Bonchev–Trinajstić information content (AvgIpc) is 3.21. The van der Waals surface area contributed by atoms with Gasteiger partial charge in [0.05, 0.1) is 11.3 Å². The van der Waals surface area contributed by atoms with Crippen LogP contribution in [0.2, 0.25) is 0 Å². The number of nitrogens with zero attached hydrogens (tertiary/aromatic N) is 1. The van der Waals surface area contributed by atoms with Gasteiger partial charge < -0.3 is 25.4 Å². The van der Waals surface area contributed by atoms with Crippen LogP contribution in [0.15, 0.2) is 36.4 Å². The Morgan fingerprint density at radius 1 is 1.20 bits per heavy atom. The van der Waals surface area contributed by atoms with Gasteiger partial charge in [-0.1, -0.05) is 31.5 Å². The fourth-order valence-electron chi connectivity index (χ4n) is 4.31. The Hall–Kier alpha value is -2.94. The second kappa shape index (κ2) is 12.2. The minimum Gasteiger partial charge on any atom is -0.488 e. The summed E-state index contributed by atoms with van der Waals surface area (Å²) in [5.74, 6) is -0.0848. The molecule has 0 spiro atoms. The largest absolute Gasteiger partial charge is 0.488 e. The highest BCUT2D eigenvalue weighted by atomic mass is 19.4. The van der Waals surface area contributed by atoms with Gasteiger partial charge in [-0.05, 0) is 55.5 Å². The first kappa shape index (κ1) is 26.7. The lowest BCUT2D eigenvalue weighted by Crippen LogP contribution is -2.32. The van der Waals surface area contributed by atoms with E-state index in [0.717, 1.165) is 43.6 Å². The Bertz CT molecular complexity index is 998. The molecular weight excluding hydrogens is 459 g/mol. The highest BCUT2D eigenvalue weighted by Gasteiger charge is 2.29. The van der Waals surface area contributed by atoms with E-state index in [4.69, 9.17) is 15.2 Å². The Kier molecular flexibility index (Phi) is 9.26. The van der Waals surface area contributed by atoms with E-state index in [1.54, 1.807) is 18.2 Å². The molecule has 2 aromatic rings. The van der Waals surface area contributed by atoms with Gasteiger partial charge in [0.15, 0.2) is 18.1 Å². The van der Waals surface area contributed by atoms with Gasteiger partial charge in [-0.3, -0.25) is 4.79 Å². The van der Waals surface area contributed by atoms with Crippen molar-refractivity contribution >= 4 is 11.6 Å². The number of unbranched alkanes of at least 4 members (excludes halogenated alkanes) is 1. The Morgan fingerprint density at radius 3 is 2.57 bits per heavy atom. The van der Waals surface area contributed by atoms with Crippen LogP contribution in [0.1, 0.15) is 48.2 Å². The highest BCUT2D eigenvalue weighted by molar-refractivity contribution is 6.00. The number of para-hydroxylation sites is 2. The molecule has 0 bridgehead atoms. The molecule has 9 heteroatoms. The number of fused-ring (bicyclic) bond motifs is 1. The normalized spacial score (nSPS) is 14.0. The van der Waals surface area contributed by atoms with Crippen LogP contribution in [0, 0.1) is 0 Å². The van der Waals surface area contributed by atoms with Crippen molar-refractivity contribution < 1.29 is 27.4 Å². The lowest BCUT2D eigenvalue weighted by molar-refractivity contribution is -0.153. The van der Waals surface area contributed by atoms with Gasteiger partial charge in [-0.15, -0.1) is 0 Å². The maximum absolute atomic E-state index is 12.5. The van der Waals surface area contributed by atoms with Crippen LogP contribution in [0.3, 0.4) is 0 Å². The molecule has 1 heterocycles. The molecule has 2 aromatic carbocycles. The molecule has 1 amide bonds. The lowest BCUT2D eigenvalue weighted by Gasteiger charge is -2.22. The molecule has 192 valence electrons. The Morgan fingerprint density at radius 2 is 1.91 bits per heavy atom. The first-order valence-electron chi connectivity index (χ1n) is 12.0. The van der Waals surface area contributed by atoms with Crippen molar-refractivity contribution in [3.8, 4) is 11.5 Å². The van der Waals surface area contributed by atoms with Crippen molar-refractivity contribution in [3.63, 3.8) is 0 Å². The number of hydrogen-bond acceptors (Lipinski definition) is 5. The zero-order chi connectivity index (χ0) is 25.4. The van der Waals surface area contributed by atoms with E-state index in [1.165, 1.54) is 11.6 Å². The van der Waals surface area contributed by atoms with Crippen LogP contribution < -0.4 is 25.4 Å². The van der Waals surface area contributed by atoms with Crippen molar-refractivity contribution in [1.29, 1.82) is 0 Å². The summed E-state index contributed by atoms with van der Waals surface area (Å²) < 4.78 is 47.8. The number of benzene rings is 2. The molecule has 0 saturated carbocycles. The zero-order valence-corrected chi connectivity index (χ0v) is 20.3. The van der Waals surface area contributed by atoms with Gasteiger partial charge in [0.2, 0.25) is 0 Å². The molecule has 3 N–H and O–H groups in total. The van der Waals surface area contributed by atoms with Crippen molar-refractivity contribution in [2.75, 3.05) is 37.7 Å². The van der Waals surface area contributed by atoms with Gasteiger partial charge >= 0.3 is 6.18 Å². The number of rotatable bonds is 13. The predicted octanol–water partition coefficient (Wildman–Crippen LogP) is 4.49. The van der Waals surface area contributed by atoms with Gasteiger partial charge in [0.25, 0.3) is 5.91 Å². The minimum absolute atomic E-state index is 0.0583. The fourth-order valence-corrected chi connectivity index (χ4v) is 4.31. The number of primary amides is 1. The molecule has 0 aromatic heterocycles. The summed E-state index contributed by atoms with van der Waals surface area (Å²) in [6.07, 6.45) is -0.646. The number of carbonyl (C=O) groups excluding carboxylic acids is 1. The van der Waals surface area contributed by atoms with E-state index in [-0.39, 0.29) is 24.1 Å². The van der Waals surface area contributed by atoms with E-state index in [0.29, 0.717) is 18.5 Å². The first-order valence-corrected chi connectivity index (χ1v) is 12.0. The molecule has 35 heavy (non-hydrogen) atoms. The van der Waals surface area contributed by atoms with E-state index >= 15 is 0 Å². The first-order chi connectivity index (χ1) is 16.7. The molecule has 0 radical (unpaired) electrons. The third-order valence-electron chi connectivity index (χ3n) is 5.90. The maximum Gasteiger partial charge on any atom is 0.422 e. The topological polar surface area (TPSA) is 76.8 Å². The minimum atomic E-state index is -4.41. The van der Waals surface area contributed by atoms with E-state index in [2.05, 4.69) is 23.2 Å². The SMILES string of the molecule is CCCCN1CCc2cc(C[C@@H](C)NCCOc3ccccc3OCC(F)(F)F)cc(C(N)=O)c21. The number of nitrogens with two attached hydrogens (primary N) is 1. The van der Waals surface area contributed by atoms with Crippen molar-refractivity contribution in [2.45, 2.75) is 51.7 Å². The smallest absolute Gasteiger partial charge is 0.422 e. The van der Waals surface area contributed by atoms with Crippen LogP contribution in [0.25, 0.3) is 0 Å². The number of anilines is 1. The number of hydrogen-bond donors (Lipinski definition) is 2. The number of alkyl halides is 3. The molecule has 1 aliphatic rings. The van der Waals surface area contributed by atoms with Crippen LogP contribution in [0.5, 0.6) is 11.5 Å². The van der Waals surface area contributed by atoms with Gasteiger partial charge in [-0.2, -0.15) is 13.2 Å². The maximum atomic E-state index is 12.5. The van der Waals surface area contributed by atoms with Gasteiger partial charge in [0.1, 0.15) is 6.61 Å². The van der Waals surface area contributed by atoms with Crippen molar-refractivity contribution in [1.82, 2.24) is 5.32 Å². The summed E-state index contributed by atoms with van der Waals surface area (Å²) in [4.78, 5) is 14.4. The van der Waals surface area contributed by atoms with Crippen LogP contribution >= 0.6 is 0 Å². The lowest BCUT2D eigenvalue weighted by atomic mass is 9.98. The summed E-state index contributed by atoms with van der Waals surface area (Å²) in [7, 11) is 0. The second-order valence-electron chi connectivity index (χ2n) is 8.86. The molecule has 0 aliphatic carbocycles. The summed E-state index contributed by atoms with van der Waals surface area (Å²) in [6.45, 7) is 5.39. The van der Waals surface area contributed by atoms with E-state index < -0.39 is 18.7 Å². The number of nitrogens with one attached hydrogen (secondary N) is 1. The number of ether oxygens (including phenoxy) is 2. The molecular formula is C26H34F3N3O3. The molecule has 6 nitrogen and oxygen atoms in total. The molecule has 0 saturated heterocycles. The fraction of sp³-hybridized carbons (Fsp3) is 0.500. The quantitative estimate of drug-likeness (QED) is 0.402. The molecule has 0 unspecified atom stereocenters. The van der Waals surface area contributed by atoms with Gasteiger partial charge in [-0.25, -0.2) is 0 Å². The van der Waals surface area contributed by atoms with Crippen LogP contribution in [-0.4, -0.2) is 51.0 Å². The average molecular weight is 494 g/mol. The summed E-state index contributed by atoms with van der Waals surface area (Å²) in [5, 5.41) is 3.36. The number of amides is 1. The molecule has 1 atom stereocenters. The Balaban J connectivity index is 1.53. The summed E-state index contributed by atoms with van der Waals surface area (Å²) in [5.41, 5.74) is 9.49. The summed E-state index contributed by atoms with van der Waals surface area (Å²) >= 11 is 0. The van der Waals surface area contributed by atoms with Crippen LogP contribution in [0.4, 0.5) is 18.9 Å². The number of halogens is 3. The van der Waals surface area contributed by atoms with Crippen LogP contribution in [-0.2, 0) is 12.8 Å². The number of carbonyl (C=O) groups is 1. The Labute approximate surface area is 204 Å². The summed E-state index contributed by atoms with van der Waals surface area (Å²) in [6, 6.07) is 10.5. The second-order valence-corrected chi connectivity index (χ2v) is 8.86. The van der Waals surface area contributed by atoms with E-state index in [9.17, 15) is 18.0 Å². The molecule has 1 aliphatic heterocycles. The van der Waals surface area contributed by atoms with E-state index in [1.807, 2.05) is 13.0 Å².